The van der Waals surface area contributed by atoms with Crippen molar-refractivity contribution >= 4 is 11.6 Å². The van der Waals surface area contributed by atoms with Crippen molar-refractivity contribution in [2.45, 2.75) is 26.3 Å². The molecule has 0 saturated heterocycles. The molecule has 0 aliphatic heterocycles. The number of aryl methyl sites for hydroxylation is 1. The van der Waals surface area contributed by atoms with E-state index in [1.54, 1.807) is 0 Å². The highest BCUT2D eigenvalue weighted by atomic mass is 35.5. The molecule has 4 heteroatoms. The Bertz CT molecular complexity index is 331. The molecule has 0 bridgehead atoms. The van der Waals surface area contributed by atoms with E-state index in [2.05, 4.69) is 12.3 Å². The maximum absolute atomic E-state index is 6.23. The monoisotopic (exact) mass is 242 g/mol. The van der Waals surface area contributed by atoms with Gasteiger partial charge in [0.15, 0.2) is 0 Å². The van der Waals surface area contributed by atoms with Crippen molar-refractivity contribution in [2.24, 2.45) is 5.84 Å². The maximum Gasteiger partial charge on any atom is 0.0708 e. The molecular weight excluding hydrogens is 224 g/mol. The Labute approximate surface area is 102 Å². The Morgan fingerprint density at radius 3 is 2.88 bits per heavy atom. The molecule has 0 heterocycles. The Balaban J connectivity index is 2.74. The topological polar surface area (TPSA) is 47.3 Å². The summed E-state index contributed by atoms with van der Waals surface area (Å²) in [5, 5.41) is 0.755. The van der Waals surface area contributed by atoms with Crippen LogP contribution in [0.2, 0.25) is 5.02 Å². The van der Waals surface area contributed by atoms with Crippen LogP contribution in [0.1, 0.15) is 30.5 Å². The fraction of sp³-hybridized carbons (Fsp3) is 0.500. The molecule has 1 rings (SSSR count). The quantitative estimate of drug-likeness (QED) is 0.458. The molecule has 1 atom stereocenters. The molecule has 1 unspecified atom stereocenters. The van der Waals surface area contributed by atoms with Crippen molar-refractivity contribution in [2.75, 3.05) is 13.2 Å². The zero-order valence-electron chi connectivity index (χ0n) is 9.79. The third-order valence-corrected chi connectivity index (χ3v) is 2.95. The minimum atomic E-state index is -0.0565. The number of hydrogen-bond donors (Lipinski definition) is 2. The molecule has 0 aliphatic rings. The summed E-state index contributed by atoms with van der Waals surface area (Å²) in [6, 6.07) is 5.86. The van der Waals surface area contributed by atoms with Crippen LogP contribution in [0.3, 0.4) is 0 Å². The van der Waals surface area contributed by atoms with Crippen molar-refractivity contribution in [3.05, 3.63) is 34.3 Å². The van der Waals surface area contributed by atoms with Gasteiger partial charge < -0.3 is 4.74 Å². The molecule has 0 aliphatic carbocycles. The lowest BCUT2D eigenvalue weighted by Crippen LogP contribution is -2.31. The molecule has 0 aromatic heterocycles. The van der Waals surface area contributed by atoms with Crippen LogP contribution in [0.4, 0.5) is 0 Å². The van der Waals surface area contributed by atoms with Crippen molar-refractivity contribution in [1.82, 2.24) is 5.43 Å². The van der Waals surface area contributed by atoms with Crippen LogP contribution in [-0.2, 0) is 4.74 Å². The van der Waals surface area contributed by atoms with Gasteiger partial charge >= 0.3 is 0 Å². The predicted octanol–water partition coefficient (Wildman–Crippen LogP) is 2.58. The second kappa shape index (κ2) is 6.86. The molecule has 1 aromatic rings. The number of rotatable bonds is 6. The molecule has 3 N–H and O–H groups in total. The molecule has 0 spiro atoms. The van der Waals surface area contributed by atoms with E-state index in [1.165, 1.54) is 0 Å². The first-order chi connectivity index (χ1) is 7.70. The van der Waals surface area contributed by atoms with Gasteiger partial charge in [-0.25, -0.2) is 0 Å². The molecule has 0 amide bonds. The lowest BCUT2D eigenvalue weighted by atomic mass is 10.1. The summed E-state index contributed by atoms with van der Waals surface area (Å²) >= 11 is 6.23. The Morgan fingerprint density at radius 2 is 2.25 bits per heavy atom. The molecule has 0 radical (unpaired) electrons. The minimum Gasteiger partial charge on any atom is -0.379 e. The van der Waals surface area contributed by atoms with Crippen LogP contribution in [0.25, 0.3) is 0 Å². The first kappa shape index (κ1) is 13.5. The SMILES string of the molecule is CCCOCC(NN)c1cccc(C)c1Cl. The fourth-order valence-corrected chi connectivity index (χ4v) is 1.77. The number of halogens is 1. The minimum absolute atomic E-state index is 0.0565. The second-order valence-electron chi connectivity index (χ2n) is 3.77. The van der Waals surface area contributed by atoms with Crippen LogP contribution in [0.15, 0.2) is 18.2 Å². The van der Waals surface area contributed by atoms with Crippen molar-refractivity contribution in [1.29, 1.82) is 0 Å². The first-order valence-electron chi connectivity index (χ1n) is 5.49. The standard InChI is InChI=1S/C12H19ClN2O/c1-3-7-16-8-11(15-14)10-6-4-5-9(2)12(10)13/h4-6,11,15H,3,7-8,14H2,1-2H3. The van der Waals surface area contributed by atoms with E-state index in [4.69, 9.17) is 22.2 Å². The van der Waals surface area contributed by atoms with Crippen molar-refractivity contribution in [3.63, 3.8) is 0 Å². The molecule has 16 heavy (non-hydrogen) atoms. The van der Waals surface area contributed by atoms with Crippen LogP contribution in [-0.4, -0.2) is 13.2 Å². The van der Waals surface area contributed by atoms with Gasteiger partial charge in [0.1, 0.15) is 0 Å². The highest BCUT2D eigenvalue weighted by Gasteiger charge is 2.14. The predicted molar refractivity (Wildman–Crippen MR) is 67.4 cm³/mol. The molecule has 1 aromatic carbocycles. The van der Waals surface area contributed by atoms with Gasteiger partial charge in [-0.15, -0.1) is 0 Å². The normalized spacial score (nSPS) is 12.8. The molecule has 3 nitrogen and oxygen atoms in total. The molecule has 0 fully saturated rings. The number of hydrazine groups is 1. The second-order valence-corrected chi connectivity index (χ2v) is 4.15. The Hall–Kier alpha value is -0.610. The van der Waals surface area contributed by atoms with Gasteiger partial charge in [0, 0.05) is 11.6 Å². The number of nitrogens with one attached hydrogen (secondary N) is 1. The smallest absolute Gasteiger partial charge is 0.0708 e. The third-order valence-electron chi connectivity index (χ3n) is 2.43. The van der Waals surface area contributed by atoms with Crippen LogP contribution >= 0.6 is 11.6 Å². The average molecular weight is 243 g/mol. The number of hydrogen-bond acceptors (Lipinski definition) is 3. The third kappa shape index (κ3) is 3.46. The van der Waals surface area contributed by atoms with E-state index in [9.17, 15) is 0 Å². The van der Waals surface area contributed by atoms with E-state index >= 15 is 0 Å². The van der Waals surface area contributed by atoms with Crippen LogP contribution in [0.5, 0.6) is 0 Å². The van der Waals surface area contributed by atoms with Crippen LogP contribution < -0.4 is 11.3 Å². The lowest BCUT2D eigenvalue weighted by molar-refractivity contribution is 0.112. The molecular formula is C12H19ClN2O. The maximum atomic E-state index is 6.23. The lowest BCUT2D eigenvalue weighted by Gasteiger charge is -2.18. The summed E-state index contributed by atoms with van der Waals surface area (Å²) in [5.41, 5.74) is 4.77. The summed E-state index contributed by atoms with van der Waals surface area (Å²) < 4.78 is 5.48. The molecule has 90 valence electrons. The fourth-order valence-electron chi connectivity index (χ4n) is 1.51. The highest BCUT2D eigenvalue weighted by Crippen LogP contribution is 2.25. The Kier molecular flexibility index (Phi) is 5.77. The van der Waals surface area contributed by atoms with Gasteiger partial charge in [0.25, 0.3) is 0 Å². The zero-order valence-corrected chi connectivity index (χ0v) is 10.6. The summed E-state index contributed by atoms with van der Waals surface area (Å²) in [6.45, 7) is 5.33. The van der Waals surface area contributed by atoms with Gasteiger partial charge in [0.2, 0.25) is 0 Å². The van der Waals surface area contributed by atoms with E-state index < -0.39 is 0 Å². The Morgan fingerprint density at radius 1 is 1.50 bits per heavy atom. The van der Waals surface area contributed by atoms with Gasteiger partial charge in [-0.05, 0) is 24.5 Å². The highest BCUT2D eigenvalue weighted by molar-refractivity contribution is 6.32. The first-order valence-corrected chi connectivity index (χ1v) is 5.87. The van der Waals surface area contributed by atoms with Crippen LogP contribution in [0, 0.1) is 6.92 Å². The summed E-state index contributed by atoms with van der Waals surface area (Å²) in [4.78, 5) is 0. The average Bonchev–Trinajstić information content (AvgIpc) is 2.29. The van der Waals surface area contributed by atoms with E-state index in [-0.39, 0.29) is 6.04 Å². The summed E-state index contributed by atoms with van der Waals surface area (Å²) in [6.07, 6.45) is 0.999. The summed E-state index contributed by atoms with van der Waals surface area (Å²) in [5.74, 6) is 5.52. The number of ether oxygens (including phenoxy) is 1. The number of benzene rings is 1. The van der Waals surface area contributed by atoms with Gasteiger partial charge in [-0.1, -0.05) is 36.7 Å². The summed E-state index contributed by atoms with van der Waals surface area (Å²) in [7, 11) is 0. The number of nitrogens with two attached hydrogens (primary N) is 1. The largest absolute Gasteiger partial charge is 0.379 e. The van der Waals surface area contributed by atoms with E-state index in [1.807, 2.05) is 25.1 Å². The van der Waals surface area contributed by atoms with Crippen molar-refractivity contribution < 1.29 is 4.74 Å². The van der Waals surface area contributed by atoms with Gasteiger partial charge in [-0.3, -0.25) is 11.3 Å². The van der Waals surface area contributed by atoms with Gasteiger partial charge in [-0.2, -0.15) is 0 Å². The molecule has 0 saturated carbocycles. The van der Waals surface area contributed by atoms with Gasteiger partial charge in [0.05, 0.1) is 12.6 Å². The van der Waals surface area contributed by atoms with E-state index in [0.29, 0.717) is 6.61 Å². The van der Waals surface area contributed by atoms with E-state index in [0.717, 1.165) is 29.2 Å². The van der Waals surface area contributed by atoms with Crippen molar-refractivity contribution in [3.8, 4) is 0 Å². The zero-order chi connectivity index (χ0) is 12.0.